The van der Waals surface area contributed by atoms with Crippen LogP contribution in [-0.4, -0.2) is 29.7 Å². The summed E-state index contributed by atoms with van der Waals surface area (Å²) in [5.74, 6) is 1.83. The molecule has 6 nitrogen and oxygen atoms in total. The summed E-state index contributed by atoms with van der Waals surface area (Å²) in [5, 5.41) is 3.98. The Morgan fingerprint density at radius 1 is 1.13 bits per heavy atom. The van der Waals surface area contributed by atoms with Crippen LogP contribution in [0, 0.1) is 11.7 Å². The first kappa shape index (κ1) is 20.6. The topological polar surface area (TPSA) is 82.3 Å². The smallest absolute Gasteiger partial charge is 0.162 e. The molecule has 1 aliphatic rings. The highest BCUT2D eigenvalue weighted by Gasteiger charge is 2.20. The van der Waals surface area contributed by atoms with Crippen LogP contribution in [-0.2, 0) is 0 Å². The number of nitrogens with zero attached hydrogens (tertiary/aromatic N) is 2. The Balaban J connectivity index is 1.60. The molecule has 0 bridgehead atoms. The molecule has 2 aromatic carbocycles. The second-order valence-electron chi connectivity index (χ2n) is 7.59. The summed E-state index contributed by atoms with van der Waals surface area (Å²) in [6.45, 7) is 0.610. The average Bonchev–Trinajstić information content (AvgIpc) is 2.75. The number of nitrogens with two attached hydrogens (primary N) is 1. The average molecular weight is 431 g/mol. The van der Waals surface area contributed by atoms with E-state index in [0.29, 0.717) is 47.1 Å². The fourth-order valence-corrected chi connectivity index (χ4v) is 3.89. The Labute approximate surface area is 179 Å². The highest BCUT2D eigenvalue weighted by atomic mass is 35.5. The second-order valence-corrected chi connectivity index (χ2v) is 8.00. The third kappa shape index (κ3) is 4.57. The Bertz CT molecular complexity index is 1040. The van der Waals surface area contributed by atoms with Gasteiger partial charge in [-0.15, -0.1) is 0 Å². The molecule has 3 N–H and O–H groups in total. The zero-order chi connectivity index (χ0) is 21.1. The van der Waals surface area contributed by atoms with E-state index < -0.39 is 5.82 Å². The van der Waals surface area contributed by atoms with Crippen molar-refractivity contribution >= 4 is 34.0 Å². The standard InChI is InChI=1S/C22H24ClFN4O2/c1-29-20-10-19-16(9-21(20)30-11-13-2-4-14(25)5-3-13)22(27-12-26-19)28-15-6-7-18(24)17(23)8-15/h6-10,12-14H,2-5,11,25H2,1H3,(H,26,27,28). The maximum Gasteiger partial charge on any atom is 0.162 e. The van der Waals surface area contributed by atoms with Crippen LogP contribution in [0.15, 0.2) is 36.7 Å². The zero-order valence-electron chi connectivity index (χ0n) is 16.7. The van der Waals surface area contributed by atoms with E-state index in [9.17, 15) is 4.39 Å². The number of hydrogen-bond donors (Lipinski definition) is 2. The summed E-state index contributed by atoms with van der Waals surface area (Å²) in [7, 11) is 1.61. The Morgan fingerprint density at radius 2 is 1.93 bits per heavy atom. The SMILES string of the molecule is COc1cc2ncnc(Nc3ccc(F)c(Cl)c3)c2cc1OCC1CCC(N)CC1. The van der Waals surface area contributed by atoms with E-state index in [-0.39, 0.29) is 5.02 Å². The third-order valence-corrected chi connectivity index (χ3v) is 5.76. The largest absolute Gasteiger partial charge is 0.493 e. The molecule has 1 aromatic heterocycles. The fourth-order valence-electron chi connectivity index (χ4n) is 3.71. The number of methoxy groups -OCH3 is 1. The normalized spacial score (nSPS) is 18.9. The van der Waals surface area contributed by atoms with Crippen molar-refractivity contribution in [2.75, 3.05) is 19.0 Å². The molecule has 158 valence electrons. The van der Waals surface area contributed by atoms with Crippen molar-refractivity contribution in [2.24, 2.45) is 11.7 Å². The molecule has 0 spiro atoms. The molecule has 1 saturated carbocycles. The van der Waals surface area contributed by atoms with Crippen LogP contribution in [0.1, 0.15) is 25.7 Å². The molecular weight excluding hydrogens is 407 g/mol. The Morgan fingerprint density at radius 3 is 2.67 bits per heavy atom. The molecule has 0 amide bonds. The molecule has 1 heterocycles. The van der Waals surface area contributed by atoms with Crippen LogP contribution in [0.2, 0.25) is 5.02 Å². The van der Waals surface area contributed by atoms with Crippen molar-refractivity contribution < 1.29 is 13.9 Å². The number of halogens is 2. The maximum absolute atomic E-state index is 13.5. The molecule has 8 heteroatoms. The maximum atomic E-state index is 13.5. The second kappa shape index (κ2) is 9.02. The lowest BCUT2D eigenvalue weighted by molar-refractivity contribution is 0.195. The van der Waals surface area contributed by atoms with Gasteiger partial charge in [-0.1, -0.05) is 11.6 Å². The molecule has 0 aliphatic heterocycles. The highest BCUT2D eigenvalue weighted by Crippen LogP contribution is 2.36. The van der Waals surface area contributed by atoms with Crippen LogP contribution in [0.25, 0.3) is 10.9 Å². The lowest BCUT2D eigenvalue weighted by Crippen LogP contribution is -2.28. The summed E-state index contributed by atoms with van der Waals surface area (Å²) >= 11 is 5.90. The number of nitrogens with one attached hydrogen (secondary N) is 1. The van der Waals surface area contributed by atoms with Gasteiger partial charge >= 0.3 is 0 Å². The van der Waals surface area contributed by atoms with Crippen molar-refractivity contribution in [1.82, 2.24) is 9.97 Å². The highest BCUT2D eigenvalue weighted by molar-refractivity contribution is 6.31. The first-order chi connectivity index (χ1) is 14.5. The predicted octanol–water partition coefficient (Wildman–Crippen LogP) is 5.07. The minimum Gasteiger partial charge on any atom is -0.493 e. The molecule has 0 atom stereocenters. The predicted molar refractivity (Wildman–Crippen MR) is 116 cm³/mol. The molecule has 0 radical (unpaired) electrons. The van der Waals surface area contributed by atoms with Gasteiger partial charge in [0.05, 0.1) is 24.3 Å². The molecule has 30 heavy (non-hydrogen) atoms. The number of benzene rings is 2. The number of ether oxygens (including phenoxy) is 2. The summed E-state index contributed by atoms with van der Waals surface area (Å²) in [5.41, 5.74) is 7.32. The molecule has 1 fully saturated rings. The van der Waals surface area contributed by atoms with Gasteiger partial charge in [0, 0.05) is 23.2 Å². The summed E-state index contributed by atoms with van der Waals surface area (Å²) in [6, 6.07) is 8.43. The summed E-state index contributed by atoms with van der Waals surface area (Å²) < 4.78 is 25.1. The molecule has 0 saturated heterocycles. The van der Waals surface area contributed by atoms with Crippen LogP contribution in [0.4, 0.5) is 15.9 Å². The lowest BCUT2D eigenvalue weighted by Gasteiger charge is -2.26. The van der Waals surface area contributed by atoms with Gasteiger partial charge in [0.25, 0.3) is 0 Å². The van der Waals surface area contributed by atoms with Gasteiger partial charge in [0.2, 0.25) is 0 Å². The van der Waals surface area contributed by atoms with Crippen LogP contribution < -0.4 is 20.5 Å². The number of fused-ring (bicyclic) bond motifs is 1. The first-order valence-electron chi connectivity index (χ1n) is 9.96. The molecule has 0 unspecified atom stereocenters. The van der Waals surface area contributed by atoms with E-state index in [1.54, 1.807) is 13.2 Å². The van der Waals surface area contributed by atoms with Gasteiger partial charge in [-0.05, 0) is 55.9 Å². The number of rotatable bonds is 6. The first-order valence-corrected chi connectivity index (χ1v) is 10.3. The molecule has 4 rings (SSSR count). The van der Waals surface area contributed by atoms with Crippen LogP contribution in [0.3, 0.4) is 0 Å². The van der Waals surface area contributed by atoms with Gasteiger partial charge in [-0.25, -0.2) is 14.4 Å². The van der Waals surface area contributed by atoms with E-state index in [2.05, 4.69) is 15.3 Å². The van der Waals surface area contributed by atoms with E-state index in [4.69, 9.17) is 26.8 Å². The molecule has 1 aliphatic carbocycles. The minimum atomic E-state index is -0.473. The van der Waals surface area contributed by atoms with Gasteiger partial charge in [0.15, 0.2) is 11.5 Å². The number of anilines is 2. The Hall–Kier alpha value is -2.64. The molecule has 3 aromatic rings. The van der Waals surface area contributed by atoms with Gasteiger partial charge < -0.3 is 20.5 Å². The van der Waals surface area contributed by atoms with Crippen molar-refractivity contribution in [3.63, 3.8) is 0 Å². The number of hydrogen-bond acceptors (Lipinski definition) is 6. The van der Waals surface area contributed by atoms with E-state index in [0.717, 1.165) is 31.1 Å². The van der Waals surface area contributed by atoms with Crippen molar-refractivity contribution in [1.29, 1.82) is 0 Å². The fraction of sp³-hybridized carbons (Fsp3) is 0.364. The van der Waals surface area contributed by atoms with E-state index in [1.807, 2.05) is 12.1 Å². The Kier molecular flexibility index (Phi) is 6.20. The third-order valence-electron chi connectivity index (χ3n) is 5.47. The lowest BCUT2D eigenvalue weighted by atomic mass is 9.87. The minimum absolute atomic E-state index is 0.0382. The van der Waals surface area contributed by atoms with E-state index >= 15 is 0 Å². The quantitative estimate of drug-likeness (QED) is 0.568. The van der Waals surface area contributed by atoms with Gasteiger partial charge in [-0.2, -0.15) is 0 Å². The van der Waals surface area contributed by atoms with Crippen molar-refractivity contribution in [3.8, 4) is 11.5 Å². The van der Waals surface area contributed by atoms with Gasteiger partial charge in [0.1, 0.15) is 18.0 Å². The van der Waals surface area contributed by atoms with Crippen molar-refractivity contribution in [3.05, 3.63) is 47.5 Å². The molecular formula is C22H24ClFN4O2. The zero-order valence-corrected chi connectivity index (χ0v) is 17.5. The summed E-state index contributed by atoms with van der Waals surface area (Å²) in [4.78, 5) is 8.68. The van der Waals surface area contributed by atoms with E-state index in [1.165, 1.54) is 18.5 Å². The number of aromatic nitrogens is 2. The van der Waals surface area contributed by atoms with Gasteiger partial charge in [-0.3, -0.25) is 0 Å². The van der Waals surface area contributed by atoms with Crippen LogP contribution >= 0.6 is 11.6 Å². The monoisotopic (exact) mass is 430 g/mol. The van der Waals surface area contributed by atoms with Crippen LogP contribution in [0.5, 0.6) is 11.5 Å². The summed E-state index contributed by atoms with van der Waals surface area (Å²) in [6.07, 6.45) is 5.66. The van der Waals surface area contributed by atoms with Crippen molar-refractivity contribution in [2.45, 2.75) is 31.7 Å².